The summed E-state index contributed by atoms with van der Waals surface area (Å²) in [7, 11) is -1.80. The predicted octanol–water partition coefficient (Wildman–Crippen LogP) is 8.60. The van der Waals surface area contributed by atoms with Gasteiger partial charge in [0.15, 0.2) is 0 Å². The molecule has 242 valence electrons. The number of carbonyl (C=O) groups is 2. The molecule has 0 aliphatic carbocycles. The van der Waals surface area contributed by atoms with Crippen molar-refractivity contribution >= 4 is 76.0 Å². The molecule has 2 atom stereocenters. The minimum absolute atomic E-state index is 0.0836. The van der Waals surface area contributed by atoms with E-state index in [2.05, 4.69) is 31.1 Å². The topological polar surface area (TPSA) is 81.1 Å². The highest BCUT2D eigenvalue weighted by atomic mass is 35.5. The van der Waals surface area contributed by atoms with Crippen LogP contribution in [-0.4, -0.2) is 55.0 Å². The lowest BCUT2D eigenvalue weighted by molar-refractivity contribution is 0.0987. The molecule has 0 saturated heterocycles. The smallest absolute Gasteiger partial charge is 0.258 e. The first-order valence-electron chi connectivity index (χ1n) is 15.9. The summed E-state index contributed by atoms with van der Waals surface area (Å²) in [6, 6.07) is 23.5. The summed E-state index contributed by atoms with van der Waals surface area (Å²) in [5, 5.41) is 25.0. The highest BCUT2D eigenvalue weighted by Crippen LogP contribution is 2.47. The van der Waals surface area contributed by atoms with Gasteiger partial charge in [0.25, 0.3) is 11.8 Å². The standard InChI is InChI=1S/C39H34Cl2N2O4Si/c1-48(2,3)13-12-23-14-24(38(46)42-21-26(19-40)36-30-10-6-4-8-28(30)34(44)17-32(36)42)16-25(15-23)39(47)43-22-27(20-41)37-31-11-7-5-9-29(31)35(45)18-33(37)43/h4-11,14-18,26-27,44-45H,19-22H2,1-3H3/t26-,27-/m1/s1. The highest BCUT2D eigenvalue weighted by Gasteiger charge is 2.37. The van der Waals surface area contributed by atoms with Crippen LogP contribution in [0.1, 0.15) is 49.2 Å². The summed E-state index contributed by atoms with van der Waals surface area (Å²) in [5.74, 6) is 3.12. The summed E-state index contributed by atoms with van der Waals surface area (Å²) in [5.41, 5.74) is 7.61. The van der Waals surface area contributed by atoms with Gasteiger partial charge < -0.3 is 20.0 Å². The summed E-state index contributed by atoms with van der Waals surface area (Å²) >= 11 is 12.9. The summed E-state index contributed by atoms with van der Waals surface area (Å²) in [6.45, 7) is 7.08. The van der Waals surface area contributed by atoms with Gasteiger partial charge in [-0.15, -0.1) is 28.7 Å². The van der Waals surface area contributed by atoms with Gasteiger partial charge in [0.1, 0.15) is 19.6 Å². The van der Waals surface area contributed by atoms with Crippen molar-refractivity contribution in [1.82, 2.24) is 0 Å². The van der Waals surface area contributed by atoms with E-state index in [-0.39, 0.29) is 35.1 Å². The number of fused-ring (bicyclic) bond motifs is 6. The molecule has 2 aliphatic rings. The Hall–Kier alpha value is -4.48. The first-order valence-corrected chi connectivity index (χ1v) is 20.5. The first kappa shape index (κ1) is 32.1. The molecular formula is C39H34Cl2N2O4Si. The lowest BCUT2D eigenvalue weighted by atomic mass is 9.95. The fourth-order valence-corrected chi connectivity index (χ4v) is 8.03. The molecule has 5 aromatic carbocycles. The SMILES string of the molecule is C[Si](C)(C)C#Cc1cc(C(=O)N2C[C@@H](CCl)c3c2cc(O)c2ccccc32)cc(C(=O)N2C[C@@H](CCl)c3c2cc(O)c2ccccc32)c1. The molecule has 2 amide bonds. The number of nitrogens with zero attached hydrogens (tertiary/aromatic N) is 2. The van der Waals surface area contributed by atoms with E-state index in [1.165, 1.54) is 0 Å². The van der Waals surface area contributed by atoms with E-state index in [0.717, 1.165) is 21.9 Å². The molecule has 2 heterocycles. The number of phenolic OH excluding ortho intramolecular Hbond substituents is 2. The van der Waals surface area contributed by atoms with Gasteiger partial charge in [-0.25, -0.2) is 0 Å². The number of hydrogen-bond donors (Lipinski definition) is 2. The molecule has 0 fully saturated rings. The van der Waals surface area contributed by atoms with Gasteiger partial charge in [-0.2, -0.15) is 0 Å². The van der Waals surface area contributed by atoms with E-state index in [9.17, 15) is 19.8 Å². The number of hydrogen-bond acceptors (Lipinski definition) is 4. The van der Waals surface area contributed by atoms with Crippen molar-refractivity contribution in [2.24, 2.45) is 0 Å². The van der Waals surface area contributed by atoms with Crippen molar-refractivity contribution in [2.45, 2.75) is 31.5 Å². The van der Waals surface area contributed by atoms with Crippen LogP contribution in [0.15, 0.2) is 78.9 Å². The molecular weight excluding hydrogens is 659 g/mol. The number of benzene rings is 5. The Morgan fingerprint density at radius 2 is 1.12 bits per heavy atom. The Kier molecular flexibility index (Phi) is 8.15. The fraction of sp³-hybridized carbons (Fsp3) is 0.231. The molecule has 48 heavy (non-hydrogen) atoms. The first-order chi connectivity index (χ1) is 23.0. The molecule has 0 bridgehead atoms. The Morgan fingerprint density at radius 3 is 1.52 bits per heavy atom. The zero-order valence-electron chi connectivity index (χ0n) is 26.8. The minimum atomic E-state index is -1.80. The van der Waals surface area contributed by atoms with Crippen LogP contribution in [0.5, 0.6) is 11.5 Å². The van der Waals surface area contributed by atoms with Crippen LogP contribution < -0.4 is 9.80 Å². The maximum atomic E-state index is 14.4. The fourth-order valence-electron chi connectivity index (χ4n) is 7.01. The van der Waals surface area contributed by atoms with Crippen LogP contribution in [0.4, 0.5) is 11.4 Å². The summed E-state index contributed by atoms with van der Waals surface area (Å²) < 4.78 is 0. The lowest BCUT2D eigenvalue weighted by Crippen LogP contribution is -2.32. The third-order valence-corrected chi connectivity index (χ3v) is 10.8. The summed E-state index contributed by atoms with van der Waals surface area (Å²) in [4.78, 5) is 32.2. The van der Waals surface area contributed by atoms with E-state index in [0.29, 0.717) is 63.7 Å². The molecule has 2 aliphatic heterocycles. The van der Waals surface area contributed by atoms with Gasteiger partial charge in [0, 0.05) is 76.3 Å². The predicted molar refractivity (Wildman–Crippen MR) is 198 cm³/mol. The van der Waals surface area contributed by atoms with E-state index in [1.807, 2.05) is 48.5 Å². The van der Waals surface area contributed by atoms with Gasteiger partial charge in [-0.05, 0) is 40.1 Å². The van der Waals surface area contributed by atoms with Crippen molar-refractivity contribution in [1.29, 1.82) is 0 Å². The Morgan fingerprint density at radius 1 is 0.708 bits per heavy atom. The average Bonchev–Trinajstić information content (AvgIpc) is 3.65. The van der Waals surface area contributed by atoms with Gasteiger partial charge in [-0.3, -0.25) is 9.59 Å². The molecule has 0 saturated carbocycles. The van der Waals surface area contributed by atoms with Crippen molar-refractivity contribution in [3.8, 4) is 23.0 Å². The molecule has 5 aromatic rings. The van der Waals surface area contributed by atoms with E-state index < -0.39 is 8.07 Å². The summed E-state index contributed by atoms with van der Waals surface area (Å²) in [6.07, 6.45) is 0. The number of phenols is 2. The van der Waals surface area contributed by atoms with Crippen LogP contribution in [0.25, 0.3) is 21.5 Å². The maximum absolute atomic E-state index is 14.4. The van der Waals surface area contributed by atoms with E-state index >= 15 is 0 Å². The van der Waals surface area contributed by atoms with E-state index in [1.54, 1.807) is 40.1 Å². The average molecular weight is 694 g/mol. The molecule has 6 nitrogen and oxygen atoms in total. The number of amides is 2. The van der Waals surface area contributed by atoms with Gasteiger partial charge in [-0.1, -0.05) is 74.1 Å². The van der Waals surface area contributed by atoms with Gasteiger partial charge in [0.05, 0.1) is 11.4 Å². The van der Waals surface area contributed by atoms with E-state index in [4.69, 9.17) is 23.2 Å². The third-order valence-electron chi connectivity index (χ3n) is 9.16. The molecule has 2 N–H and O–H groups in total. The lowest BCUT2D eigenvalue weighted by Gasteiger charge is -2.21. The number of alkyl halides is 2. The van der Waals surface area contributed by atoms with Crippen molar-refractivity contribution in [3.63, 3.8) is 0 Å². The third kappa shape index (κ3) is 5.48. The Balaban J connectivity index is 1.34. The number of anilines is 2. The molecule has 7 rings (SSSR count). The number of aromatic hydroxyl groups is 2. The molecule has 0 unspecified atom stereocenters. The zero-order chi connectivity index (χ0) is 33.9. The second kappa shape index (κ2) is 12.2. The van der Waals surface area contributed by atoms with Crippen molar-refractivity contribution < 1.29 is 19.8 Å². The molecule has 0 aromatic heterocycles. The molecule has 9 heteroatoms. The van der Waals surface area contributed by atoms with Gasteiger partial charge in [0.2, 0.25) is 0 Å². The van der Waals surface area contributed by atoms with Crippen LogP contribution >= 0.6 is 23.2 Å². The number of rotatable bonds is 4. The Bertz CT molecular complexity index is 2080. The zero-order valence-corrected chi connectivity index (χ0v) is 29.4. The quantitative estimate of drug-likeness (QED) is 0.112. The maximum Gasteiger partial charge on any atom is 0.258 e. The normalized spacial score (nSPS) is 16.9. The molecule has 0 radical (unpaired) electrons. The Labute approximate surface area is 290 Å². The van der Waals surface area contributed by atoms with Crippen LogP contribution in [-0.2, 0) is 0 Å². The number of carbonyl (C=O) groups excluding carboxylic acids is 2. The van der Waals surface area contributed by atoms with Crippen LogP contribution in [0.3, 0.4) is 0 Å². The van der Waals surface area contributed by atoms with Crippen molar-refractivity contribution in [2.75, 3.05) is 34.6 Å². The van der Waals surface area contributed by atoms with Crippen LogP contribution in [0, 0.1) is 11.5 Å². The van der Waals surface area contributed by atoms with Gasteiger partial charge >= 0.3 is 0 Å². The highest BCUT2D eigenvalue weighted by molar-refractivity contribution is 6.83. The monoisotopic (exact) mass is 692 g/mol. The molecule has 0 spiro atoms. The minimum Gasteiger partial charge on any atom is -0.507 e. The second-order valence-corrected chi connectivity index (χ2v) is 18.9. The van der Waals surface area contributed by atoms with Crippen molar-refractivity contribution in [3.05, 3.63) is 107 Å². The number of halogens is 2. The van der Waals surface area contributed by atoms with Crippen LogP contribution in [0.2, 0.25) is 19.6 Å². The second-order valence-electron chi connectivity index (χ2n) is 13.6. The largest absolute Gasteiger partial charge is 0.507 e.